The Hall–Kier alpha value is -3.19. The summed E-state index contributed by atoms with van der Waals surface area (Å²) in [6.07, 6.45) is -4.72. The van der Waals surface area contributed by atoms with Crippen LogP contribution in [0.3, 0.4) is 0 Å². The molecule has 0 bridgehead atoms. The highest BCUT2D eigenvalue weighted by Gasteiger charge is 2.50. The van der Waals surface area contributed by atoms with Crippen molar-refractivity contribution in [2.75, 3.05) is 44.2 Å². The lowest BCUT2D eigenvalue weighted by atomic mass is 10.0. The maximum Gasteiger partial charge on any atom is 0.417 e. The highest BCUT2D eigenvalue weighted by molar-refractivity contribution is 7.92. The van der Waals surface area contributed by atoms with Crippen molar-refractivity contribution in [3.8, 4) is 6.07 Å². The van der Waals surface area contributed by atoms with Gasteiger partial charge in [-0.25, -0.2) is 22.0 Å². The second-order valence-corrected chi connectivity index (χ2v) is 15.4. The molecule has 4 fully saturated rings. The summed E-state index contributed by atoms with van der Waals surface area (Å²) < 4.78 is 95.0. The number of alkyl halides is 5. The van der Waals surface area contributed by atoms with Gasteiger partial charge < -0.3 is 20.2 Å². The third kappa shape index (κ3) is 7.97. The number of nitrogens with one attached hydrogen (secondary N) is 1. The molecule has 2 N–H and O–H groups in total. The number of rotatable bonds is 5. The van der Waals surface area contributed by atoms with Gasteiger partial charge in [-0.15, -0.1) is 0 Å². The fourth-order valence-electron chi connectivity index (χ4n) is 5.97. The number of amides is 2. The summed E-state index contributed by atoms with van der Waals surface area (Å²) >= 11 is 0. The Morgan fingerprint density at radius 3 is 2.09 bits per heavy atom. The quantitative estimate of drug-likeness (QED) is 0.445. The van der Waals surface area contributed by atoms with Gasteiger partial charge >= 0.3 is 12.3 Å². The number of carboxylic acid groups (broad SMARTS) is 1. The SMILES string of the molecule is CC(C)(C)N1CCN(c2ccc(S(=O)(=O)[C@@H]3CC[C@@H](C(=O)N4CC(F)(F)C4)C3)c(C(F)(F)F)c2)CC1.N#CC1(NC(=O)O)CC1. The van der Waals surface area contributed by atoms with Crippen molar-refractivity contribution in [3.05, 3.63) is 23.8 Å². The van der Waals surface area contributed by atoms with Gasteiger partial charge in [0.15, 0.2) is 9.84 Å². The zero-order valence-corrected chi connectivity index (χ0v) is 26.1. The Bertz CT molecular complexity index is 1440. The molecule has 0 spiro atoms. The molecule has 5 rings (SSSR count). The smallest absolute Gasteiger partial charge is 0.417 e. The lowest BCUT2D eigenvalue weighted by Crippen LogP contribution is -2.59. The molecule has 0 radical (unpaired) electrons. The first kappa shape index (κ1) is 34.7. The number of carbonyl (C=O) groups is 2. The van der Waals surface area contributed by atoms with Gasteiger partial charge in [0.2, 0.25) is 5.91 Å². The fraction of sp³-hybridized carbons (Fsp3) is 0.690. The standard InChI is InChI=1S/C24H32F5N3O3S.C5H6N2O2/c1-22(2,3)32-10-8-30(9-11-32)17-5-7-20(19(13-17)24(27,28)29)36(34,35)18-6-4-16(12-18)21(33)31-14-23(25,26)15-31;6-3-5(1-2-5)7-4(8)9/h5,7,13,16,18H,4,6,8-12,14-15H2,1-3H3;7H,1-2H2,(H,8,9)/t16-,18-;/m1./s1. The normalized spacial score (nSPS) is 24.5. The lowest BCUT2D eigenvalue weighted by Gasteiger charge is -2.43. The minimum Gasteiger partial charge on any atom is -0.465 e. The maximum absolute atomic E-state index is 14.0. The van der Waals surface area contributed by atoms with E-state index in [4.69, 9.17) is 10.4 Å². The van der Waals surface area contributed by atoms with Crippen LogP contribution in [0.25, 0.3) is 0 Å². The minimum atomic E-state index is -4.89. The van der Waals surface area contributed by atoms with Gasteiger partial charge in [0.25, 0.3) is 5.92 Å². The summed E-state index contributed by atoms with van der Waals surface area (Å²) in [6.45, 7) is 7.19. The number of carbonyl (C=O) groups excluding carboxylic acids is 1. The van der Waals surface area contributed by atoms with E-state index in [0.717, 1.165) is 17.0 Å². The van der Waals surface area contributed by atoms with Crippen LogP contribution in [0, 0.1) is 17.2 Å². The zero-order chi connectivity index (χ0) is 33.6. The molecule has 1 aromatic rings. The van der Waals surface area contributed by atoms with Crippen LogP contribution in [0.4, 0.5) is 32.4 Å². The highest BCUT2D eigenvalue weighted by atomic mass is 32.2. The average Bonchev–Trinajstić information content (AvgIpc) is 3.50. The molecule has 1 aromatic carbocycles. The molecule has 10 nitrogen and oxygen atoms in total. The van der Waals surface area contributed by atoms with Crippen molar-refractivity contribution in [2.24, 2.45) is 5.92 Å². The molecule has 0 aromatic heterocycles. The third-order valence-corrected chi connectivity index (χ3v) is 11.1. The van der Waals surface area contributed by atoms with Crippen LogP contribution in [0.15, 0.2) is 23.1 Å². The molecule has 2 aliphatic heterocycles. The van der Waals surface area contributed by atoms with Crippen LogP contribution < -0.4 is 10.2 Å². The number of piperazine rings is 1. The van der Waals surface area contributed by atoms with Crippen LogP contribution in [0.1, 0.15) is 58.4 Å². The topological polar surface area (TPSA) is 134 Å². The number of nitrogens with zero attached hydrogens (tertiary/aromatic N) is 4. The lowest BCUT2D eigenvalue weighted by molar-refractivity contribution is -0.169. The Balaban J connectivity index is 0.000000440. The van der Waals surface area contributed by atoms with Crippen LogP contribution in [-0.2, 0) is 20.8 Å². The van der Waals surface area contributed by atoms with E-state index in [-0.39, 0.29) is 24.8 Å². The van der Waals surface area contributed by atoms with E-state index in [1.54, 1.807) is 0 Å². The minimum absolute atomic E-state index is 0.0107. The van der Waals surface area contributed by atoms with Gasteiger partial charge in [-0.1, -0.05) is 0 Å². The molecule has 45 heavy (non-hydrogen) atoms. The van der Waals surface area contributed by atoms with Crippen LogP contribution >= 0.6 is 0 Å². The number of likely N-dealkylation sites (tertiary alicyclic amines) is 1. The molecular weight excluding hydrogens is 625 g/mol. The largest absolute Gasteiger partial charge is 0.465 e. The zero-order valence-electron chi connectivity index (χ0n) is 25.3. The van der Waals surface area contributed by atoms with E-state index >= 15 is 0 Å². The molecule has 2 saturated carbocycles. The molecule has 2 heterocycles. The van der Waals surface area contributed by atoms with Crippen molar-refractivity contribution in [1.29, 1.82) is 5.26 Å². The summed E-state index contributed by atoms with van der Waals surface area (Å²) in [4.78, 5) is 26.7. The number of sulfone groups is 1. The van der Waals surface area contributed by atoms with Crippen molar-refractivity contribution in [2.45, 2.75) is 86.2 Å². The summed E-state index contributed by atoms with van der Waals surface area (Å²) in [6, 6.07) is 5.23. The fourth-order valence-corrected chi connectivity index (χ4v) is 8.00. The van der Waals surface area contributed by atoms with Crippen molar-refractivity contribution in [3.63, 3.8) is 0 Å². The second-order valence-electron chi connectivity index (χ2n) is 13.2. The van der Waals surface area contributed by atoms with E-state index in [1.807, 2.05) is 11.0 Å². The van der Waals surface area contributed by atoms with Gasteiger partial charge in [-0.2, -0.15) is 18.4 Å². The van der Waals surface area contributed by atoms with E-state index in [0.29, 0.717) is 44.7 Å². The van der Waals surface area contributed by atoms with Gasteiger partial charge in [0.05, 0.1) is 34.9 Å². The van der Waals surface area contributed by atoms with Crippen LogP contribution in [0.5, 0.6) is 0 Å². The number of hydrogen-bond donors (Lipinski definition) is 2. The van der Waals surface area contributed by atoms with Crippen molar-refractivity contribution in [1.82, 2.24) is 15.1 Å². The van der Waals surface area contributed by atoms with Gasteiger partial charge in [0.1, 0.15) is 5.54 Å². The molecule has 250 valence electrons. The summed E-state index contributed by atoms with van der Waals surface area (Å²) in [5.74, 6) is -4.28. The molecule has 0 unspecified atom stereocenters. The van der Waals surface area contributed by atoms with Gasteiger partial charge in [-0.3, -0.25) is 9.69 Å². The first-order chi connectivity index (χ1) is 20.7. The monoisotopic (exact) mass is 663 g/mol. The predicted octanol–water partition coefficient (Wildman–Crippen LogP) is 4.36. The summed E-state index contributed by atoms with van der Waals surface area (Å²) in [5, 5.41) is 17.5. The van der Waals surface area contributed by atoms with Gasteiger partial charge in [0, 0.05) is 43.3 Å². The molecular formula is C29H38F5N5O5S. The Morgan fingerprint density at radius 2 is 1.64 bits per heavy atom. The van der Waals surface area contributed by atoms with E-state index in [1.165, 1.54) is 6.07 Å². The summed E-state index contributed by atoms with van der Waals surface area (Å²) in [5.41, 5.74) is -1.69. The van der Waals surface area contributed by atoms with Crippen molar-refractivity contribution < 1.29 is 45.1 Å². The van der Waals surface area contributed by atoms with E-state index in [9.17, 15) is 40.0 Å². The Morgan fingerprint density at radius 1 is 1.04 bits per heavy atom. The Labute approximate surface area is 259 Å². The molecule has 4 aliphatic rings. The number of nitriles is 1. The number of halogens is 5. The highest BCUT2D eigenvalue weighted by Crippen LogP contribution is 2.42. The first-order valence-electron chi connectivity index (χ1n) is 14.7. The predicted molar refractivity (Wildman–Crippen MR) is 154 cm³/mol. The van der Waals surface area contributed by atoms with E-state index in [2.05, 4.69) is 31.0 Å². The van der Waals surface area contributed by atoms with Gasteiger partial charge in [-0.05, 0) is 71.1 Å². The number of anilines is 1. The molecule has 2 atom stereocenters. The number of benzene rings is 1. The Kier molecular flexibility index (Phi) is 9.40. The first-order valence-corrected chi connectivity index (χ1v) is 16.3. The van der Waals surface area contributed by atoms with Crippen LogP contribution in [0.2, 0.25) is 0 Å². The summed E-state index contributed by atoms with van der Waals surface area (Å²) in [7, 11) is -4.40. The maximum atomic E-state index is 14.0. The molecule has 2 aliphatic carbocycles. The molecule has 2 saturated heterocycles. The molecule has 2 amide bonds. The second kappa shape index (κ2) is 12.2. The molecule has 16 heteroatoms. The number of hydrogen-bond acceptors (Lipinski definition) is 7. The third-order valence-electron chi connectivity index (χ3n) is 8.81. The van der Waals surface area contributed by atoms with E-state index < -0.39 is 74.2 Å². The van der Waals surface area contributed by atoms with Crippen molar-refractivity contribution >= 4 is 27.5 Å². The average molecular weight is 664 g/mol. The van der Waals surface area contributed by atoms with Crippen LogP contribution in [-0.4, -0.2) is 96.8 Å².